The normalized spacial score (nSPS) is 15.1. The number of carbonyl (C=O) groups is 1. The van der Waals surface area contributed by atoms with Gasteiger partial charge in [0.25, 0.3) is 0 Å². The van der Waals surface area contributed by atoms with Gasteiger partial charge in [-0.15, -0.1) is 0 Å². The first-order valence-electron chi connectivity index (χ1n) is 6.31. The third-order valence-electron chi connectivity index (χ3n) is 3.39. The van der Waals surface area contributed by atoms with Crippen molar-refractivity contribution in [3.05, 3.63) is 35.9 Å². The third kappa shape index (κ3) is 3.33. The molecule has 0 radical (unpaired) electrons. The van der Waals surface area contributed by atoms with Crippen molar-refractivity contribution in [1.29, 1.82) is 0 Å². The average molecular weight is 249 g/mol. The van der Waals surface area contributed by atoms with Gasteiger partial charge in [-0.25, -0.2) is 0 Å². The molecular formula is C15H23NO2. The maximum Gasteiger partial charge on any atom is 0.315 e. The first kappa shape index (κ1) is 14.7. The van der Waals surface area contributed by atoms with Crippen LogP contribution in [0, 0.1) is 5.41 Å². The monoisotopic (exact) mass is 249 g/mol. The highest BCUT2D eigenvalue weighted by Crippen LogP contribution is 2.33. The summed E-state index contributed by atoms with van der Waals surface area (Å²) in [6, 6.07) is 9.31. The highest BCUT2D eigenvalue weighted by atomic mass is 16.4. The van der Waals surface area contributed by atoms with Crippen LogP contribution in [0.5, 0.6) is 0 Å². The van der Waals surface area contributed by atoms with Crippen LogP contribution in [0.1, 0.15) is 39.2 Å². The lowest BCUT2D eigenvalue weighted by molar-refractivity contribution is -0.144. The Kier molecular flexibility index (Phi) is 4.52. The fourth-order valence-corrected chi connectivity index (χ4v) is 2.03. The van der Waals surface area contributed by atoms with E-state index in [2.05, 4.69) is 20.8 Å². The zero-order valence-corrected chi connectivity index (χ0v) is 11.4. The summed E-state index contributed by atoms with van der Waals surface area (Å²) < 4.78 is 0. The van der Waals surface area contributed by atoms with Crippen LogP contribution in [0.15, 0.2) is 30.3 Å². The van der Waals surface area contributed by atoms with Crippen molar-refractivity contribution in [1.82, 2.24) is 0 Å². The van der Waals surface area contributed by atoms with Crippen molar-refractivity contribution in [2.75, 3.05) is 6.54 Å². The number of aliphatic carboxylic acids is 1. The van der Waals surface area contributed by atoms with Crippen molar-refractivity contribution >= 4 is 5.97 Å². The van der Waals surface area contributed by atoms with E-state index in [-0.39, 0.29) is 12.0 Å². The molecule has 18 heavy (non-hydrogen) atoms. The SMILES string of the molecule is CC(C)(C)CCC(CN)(C(=O)O)c1ccccc1. The van der Waals surface area contributed by atoms with E-state index >= 15 is 0 Å². The Bertz CT molecular complexity index is 395. The molecule has 0 fully saturated rings. The lowest BCUT2D eigenvalue weighted by atomic mass is 9.73. The van der Waals surface area contributed by atoms with Crippen molar-refractivity contribution in [3.63, 3.8) is 0 Å². The van der Waals surface area contributed by atoms with Crippen molar-refractivity contribution in [2.45, 2.75) is 39.0 Å². The molecule has 0 bridgehead atoms. The van der Waals surface area contributed by atoms with Gasteiger partial charge in [0, 0.05) is 6.54 Å². The summed E-state index contributed by atoms with van der Waals surface area (Å²) in [6.45, 7) is 6.46. The number of carboxylic acids is 1. The van der Waals surface area contributed by atoms with Gasteiger partial charge >= 0.3 is 5.97 Å². The van der Waals surface area contributed by atoms with Gasteiger partial charge in [0.1, 0.15) is 5.41 Å². The van der Waals surface area contributed by atoms with Gasteiger partial charge < -0.3 is 10.8 Å². The fourth-order valence-electron chi connectivity index (χ4n) is 2.03. The van der Waals surface area contributed by atoms with Gasteiger partial charge in [0.05, 0.1) is 0 Å². The minimum absolute atomic E-state index is 0.102. The lowest BCUT2D eigenvalue weighted by Crippen LogP contribution is -2.43. The van der Waals surface area contributed by atoms with E-state index < -0.39 is 11.4 Å². The standard InChI is InChI=1S/C15H23NO2/c1-14(2,3)9-10-15(11-16,13(17)18)12-7-5-4-6-8-12/h4-8H,9-11,16H2,1-3H3,(H,17,18). The maximum absolute atomic E-state index is 11.7. The summed E-state index contributed by atoms with van der Waals surface area (Å²) in [6.07, 6.45) is 1.39. The lowest BCUT2D eigenvalue weighted by Gasteiger charge is -2.31. The van der Waals surface area contributed by atoms with Crippen LogP contribution in [-0.2, 0) is 10.2 Å². The molecule has 1 unspecified atom stereocenters. The van der Waals surface area contributed by atoms with Gasteiger partial charge in [-0.05, 0) is 23.8 Å². The van der Waals surface area contributed by atoms with Gasteiger partial charge in [-0.2, -0.15) is 0 Å². The number of nitrogens with two attached hydrogens (primary N) is 1. The minimum atomic E-state index is -0.964. The molecule has 3 nitrogen and oxygen atoms in total. The molecule has 0 spiro atoms. The van der Waals surface area contributed by atoms with E-state index in [0.717, 1.165) is 12.0 Å². The number of hydrogen-bond acceptors (Lipinski definition) is 2. The van der Waals surface area contributed by atoms with E-state index in [0.29, 0.717) is 6.42 Å². The second kappa shape index (κ2) is 5.53. The molecule has 0 aromatic heterocycles. The predicted octanol–water partition coefficient (Wildman–Crippen LogP) is 2.79. The van der Waals surface area contributed by atoms with E-state index in [4.69, 9.17) is 5.73 Å². The number of benzene rings is 1. The first-order chi connectivity index (χ1) is 8.32. The number of rotatable bonds is 5. The molecule has 3 N–H and O–H groups in total. The molecule has 0 aliphatic carbocycles. The van der Waals surface area contributed by atoms with E-state index in [1.54, 1.807) is 0 Å². The number of hydrogen-bond donors (Lipinski definition) is 2. The van der Waals surface area contributed by atoms with E-state index in [1.807, 2.05) is 30.3 Å². The molecule has 1 rings (SSSR count). The van der Waals surface area contributed by atoms with Gasteiger partial charge in [0.15, 0.2) is 0 Å². The highest BCUT2D eigenvalue weighted by molar-refractivity contribution is 5.81. The van der Waals surface area contributed by atoms with Crippen LogP contribution in [0.25, 0.3) is 0 Å². The summed E-state index contributed by atoms with van der Waals surface area (Å²) in [5, 5.41) is 9.59. The number of carboxylic acid groups (broad SMARTS) is 1. The maximum atomic E-state index is 11.7. The Morgan fingerprint density at radius 3 is 2.11 bits per heavy atom. The molecule has 1 aromatic rings. The Hall–Kier alpha value is -1.35. The molecule has 0 aliphatic heterocycles. The van der Waals surface area contributed by atoms with Gasteiger partial charge in [-0.3, -0.25) is 4.79 Å². The summed E-state index contributed by atoms with van der Waals surface area (Å²) >= 11 is 0. The zero-order valence-electron chi connectivity index (χ0n) is 11.4. The summed E-state index contributed by atoms with van der Waals surface area (Å²) in [5.41, 5.74) is 5.72. The van der Waals surface area contributed by atoms with Crippen LogP contribution in [-0.4, -0.2) is 17.6 Å². The van der Waals surface area contributed by atoms with Crippen LogP contribution >= 0.6 is 0 Å². The van der Waals surface area contributed by atoms with Crippen LogP contribution in [0.2, 0.25) is 0 Å². The Balaban J connectivity index is 3.07. The molecule has 0 aliphatic rings. The van der Waals surface area contributed by atoms with Crippen molar-refractivity contribution in [2.24, 2.45) is 11.1 Å². The second-order valence-corrected chi connectivity index (χ2v) is 6.02. The van der Waals surface area contributed by atoms with Gasteiger partial charge in [0.2, 0.25) is 0 Å². The van der Waals surface area contributed by atoms with Gasteiger partial charge in [-0.1, -0.05) is 51.1 Å². The molecule has 3 heteroatoms. The molecule has 0 heterocycles. The molecule has 0 saturated carbocycles. The summed E-state index contributed by atoms with van der Waals surface area (Å²) in [4.78, 5) is 11.7. The Labute approximate surface area is 109 Å². The largest absolute Gasteiger partial charge is 0.481 e. The summed E-state index contributed by atoms with van der Waals surface area (Å²) in [5.74, 6) is -0.833. The first-order valence-corrected chi connectivity index (χ1v) is 6.31. The zero-order chi connectivity index (χ0) is 13.8. The molecule has 100 valence electrons. The van der Waals surface area contributed by atoms with Crippen LogP contribution in [0.4, 0.5) is 0 Å². The van der Waals surface area contributed by atoms with Crippen molar-refractivity contribution < 1.29 is 9.90 Å². The molecule has 1 atom stereocenters. The van der Waals surface area contributed by atoms with E-state index in [1.165, 1.54) is 0 Å². The van der Waals surface area contributed by atoms with Crippen LogP contribution < -0.4 is 5.73 Å². The predicted molar refractivity (Wildman–Crippen MR) is 73.5 cm³/mol. The molecule has 0 saturated heterocycles. The molecular weight excluding hydrogens is 226 g/mol. The Morgan fingerprint density at radius 2 is 1.72 bits per heavy atom. The highest BCUT2D eigenvalue weighted by Gasteiger charge is 2.39. The quantitative estimate of drug-likeness (QED) is 0.843. The Morgan fingerprint density at radius 1 is 1.17 bits per heavy atom. The fraction of sp³-hybridized carbons (Fsp3) is 0.533. The summed E-state index contributed by atoms with van der Waals surface area (Å²) in [7, 11) is 0. The third-order valence-corrected chi connectivity index (χ3v) is 3.39. The minimum Gasteiger partial charge on any atom is -0.481 e. The average Bonchev–Trinajstić information content (AvgIpc) is 2.30. The topological polar surface area (TPSA) is 63.3 Å². The second-order valence-electron chi connectivity index (χ2n) is 6.02. The van der Waals surface area contributed by atoms with E-state index in [9.17, 15) is 9.90 Å². The smallest absolute Gasteiger partial charge is 0.315 e. The molecule has 1 aromatic carbocycles. The van der Waals surface area contributed by atoms with Crippen molar-refractivity contribution in [3.8, 4) is 0 Å². The van der Waals surface area contributed by atoms with Crippen LogP contribution in [0.3, 0.4) is 0 Å². The molecule has 0 amide bonds.